The predicted molar refractivity (Wildman–Crippen MR) is 48.6 cm³/mol. The van der Waals surface area contributed by atoms with Gasteiger partial charge in [0.2, 0.25) is 5.91 Å². The van der Waals surface area contributed by atoms with Crippen LogP contribution < -0.4 is 11.1 Å². The highest BCUT2D eigenvalue weighted by molar-refractivity contribution is 5.82. The van der Waals surface area contributed by atoms with Gasteiger partial charge in [0.05, 0.1) is 5.69 Å². The Balaban J connectivity index is 2.99. The first kappa shape index (κ1) is 11.4. The van der Waals surface area contributed by atoms with Gasteiger partial charge >= 0.3 is 0 Å². The van der Waals surface area contributed by atoms with Crippen LogP contribution in [0.1, 0.15) is 6.92 Å². The van der Waals surface area contributed by atoms with Crippen LogP contribution in [0.5, 0.6) is 0 Å². The predicted octanol–water partition coefficient (Wildman–Crippen LogP) is 1.39. The molecule has 0 saturated heterocycles. The molecule has 0 fully saturated rings. The van der Waals surface area contributed by atoms with E-state index in [0.29, 0.717) is 6.07 Å². The average Bonchev–Trinajstić information content (AvgIpc) is 2.13. The van der Waals surface area contributed by atoms with Crippen LogP contribution >= 0.6 is 0 Å². The number of primary amides is 1. The quantitative estimate of drug-likeness (QED) is 0.753. The highest BCUT2D eigenvalue weighted by Crippen LogP contribution is 2.19. The molecule has 0 aliphatic carbocycles. The summed E-state index contributed by atoms with van der Waals surface area (Å²) < 4.78 is 38.5. The Labute approximate surface area is 84.1 Å². The number of halogens is 3. The van der Waals surface area contributed by atoms with Crippen LogP contribution in [-0.4, -0.2) is 11.9 Å². The first-order valence-corrected chi connectivity index (χ1v) is 4.12. The fourth-order valence-corrected chi connectivity index (χ4v) is 0.965. The number of hydrogen-bond donors (Lipinski definition) is 2. The van der Waals surface area contributed by atoms with Gasteiger partial charge in [-0.3, -0.25) is 4.79 Å². The van der Waals surface area contributed by atoms with Gasteiger partial charge in [0, 0.05) is 12.1 Å². The van der Waals surface area contributed by atoms with Crippen LogP contribution in [0.2, 0.25) is 0 Å². The van der Waals surface area contributed by atoms with Gasteiger partial charge in [0.1, 0.15) is 11.9 Å². The molecule has 1 unspecified atom stereocenters. The SMILES string of the molecule is CC(Nc1cc(F)cc(F)c1F)C(N)=O. The van der Waals surface area contributed by atoms with Crippen molar-refractivity contribution in [2.75, 3.05) is 5.32 Å². The molecule has 1 rings (SSSR count). The third-order valence-electron chi connectivity index (χ3n) is 1.79. The van der Waals surface area contributed by atoms with Gasteiger partial charge < -0.3 is 11.1 Å². The Hall–Kier alpha value is -1.72. The lowest BCUT2D eigenvalue weighted by molar-refractivity contribution is -0.118. The maximum absolute atomic E-state index is 13.0. The normalized spacial score (nSPS) is 12.3. The van der Waals surface area contributed by atoms with Crippen molar-refractivity contribution in [1.82, 2.24) is 0 Å². The van der Waals surface area contributed by atoms with Gasteiger partial charge in [-0.1, -0.05) is 0 Å². The van der Waals surface area contributed by atoms with Crippen molar-refractivity contribution in [3.05, 3.63) is 29.6 Å². The van der Waals surface area contributed by atoms with Gasteiger partial charge in [0.15, 0.2) is 11.6 Å². The van der Waals surface area contributed by atoms with Crippen LogP contribution in [0.15, 0.2) is 12.1 Å². The number of nitrogens with one attached hydrogen (secondary N) is 1. The largest absolute Gasteiger partial charge is 0.371 e. The molecular weight excluding hydrogens is 209 g/mol. The highest BCUT2D eigenvalue weighted by atomic mass is 19.2. The minimum Gasteiger partial charge on any atom is -0.371 e. The monoisotopic (exact) mass is 218 g/mol. The second-order valence-corrected chi connectivity index (χ2v) is 3.02. The number of carbonyl (C=O) groups is 1. The third kappa shape index (κ3) is 2.61. The van der Waals surface area contributed by atoms with Crippen LogP contribution in [0.3, 0.4) is 0 Å². The molecule has 1 amide bonds. The summed E-state index contributed by atoms with van der Waals surface area (Å²) in [5, 5.41) is 2.26. The number of rotatable bonds is 3. The second-order valence-electron chi connectivity index (χ2n) is 3.02. The molecular formula is C9H9F3N2O. The number of nitrogens with two attached hydrogens (primary N) is 1. The molecule has 3 nitrogen and oxygen atoms in total. The number of carbonyl (C=O) groups excluding carboxylic acids is 1. The van der Waals surface area contributed by atoms with Gasteiger partial charge in [-0.25, -0.2) is 13.2 Å². The highest BCUT2D eigenvalue weighted by Gasteiger charge is 2.15. The number of anilines is 1. The third-order valence-corrected chi connectivity index (χ3v) is 1.79. The number of amides is 1. The van der Waals surface area contributed by atoms with E-state index >= 15 is 0 Å². The molecule has 0 radical (unpaired) electrons. The van der Waals surface area contributed by atoms with E-state index in [2.05, 4.69) is 5.32 Å². The fourth-order valence-electron chi connectivity index (χ4n) is 0.965. The summed E-state index contributed by atoms with van der Waals surface area (Å²) in [6.45, 7) is 1.35. The maximum atomic E-state index is 13.0. The van der Waals surface area contributed by atoms with E-state index in [9.17, 15) is 18.0 Å². The van der Waals surface area contributed by atoms with Crippen molar-refractivity contribution in [2.45, 2.75) is 13.0 Å². The molecule has 1 aromatic carbocycles. The van der Waals surface area contributed by atoms with Gasteiger partial charge in [-0.2, -0.15) is 0 Å². The number of hydrogen-bond acceptors (Lipinski definition) is 2. The lowest BCUT2D eigenvalue weighted by Gasteiger charge is -2.12. The van der Waals surface area contributed by atoms with E-state index in [1.165, 1.54) is 6.92 Å². The molecule has 0 aromatic heterocycles. The molecule has 0 bridgehead atoms. The van der Waals surface area contributed by atoms with Crippen molar-refractivity contribution in [3.63, 3.8) is 0 Å². The van der Waals surface area contributed by atoms with Crippen LogP contribution in [0.4, 0.5) is 18.9 Å². The maximum Gasteiger partial charge on any atom is 0.239 e. The topological polar surface area (TPSA) is 55.1 Å². The Morgan fingerprint density at radius 1 is 1.40 bits per heavy atom. The summed E-state index contributed by atoms with van der Waals surface area (Å²) in [5.41, 5.74) is 4.47. The van der Waals surface area contributed by atoms with Crippen molar-refractivity contribution in [1.29, 1.82) is 0 Å². The lowest BCUT2D eigenvalue weighted by Crippen LogP contribution is -2.32. The molecule has 0 spiro atoms. The lowest BCUT2D eigenvalue weighted by atomic mass is 10.2. The van der Waals surface area contributed by atoms with Crippen molar-refractivity contribution in [3.8, 4) is 0 Å². The van der Waals surface area contributed by atoms with E-state index in [-0.39, 0.29) is 0 Å². The molecule has 0 aliphatic rings. The van der Waals surface area contributed by atoms with Crippen LogP contribution in [0, 0.1) is 17.5 Å². The average molecular weight is 218 g/mol. The molecule has 3 N–H and O–H groups in total. The van der Waals surface area contributed by atoms with E-state index in [1.807, 2.05) is 0 Å². The number of benzene rings is 1. The minimum atomic E-state index is -1.32. The smallest absolute Gasteiger partial charge is 0.239 e. The Morgan fingerprint density at radius 3 is 2.53 bits per heavy atom. The van der Waals surface area contributed by atoms with E-state index in [4.69, 9.17) is 5.73 Å². The second kappa shape index (κ2) is 4.20. The summed E-state index contributed by atoms with van der Waals surface area (Å²) in [5.74, 6) is -4.26. The molecule has 15 heavy (non-hydrogen) atoms. The zero-order valence-electron chi connectivity index (χ0n) is 7.85. The molecule has 0 heterocycles. The molecule has 1 aromatic rings. The van der Waals surface area contributed by atoms with E-state index in [0.717, 1.165) is 6.07 Å². The summed E-state index contributed by atoms with van der Waals surface area (Å²) in [6, 6.07) is 0.244. The Morgan fingerprint density at radius 2 is 2.00 bits per heavy atom. The molecule has 6 heteroatoms. The first-order valence-electron chi connectivity index (χ1n) is 4.12. The summed E-state index contributed by atoms with van der Waals surface area (Å²) in [7, 11) is 0. The Bertz CT molecular complexity index is 395. The minimum absolute atomic E-state index is 0.412. The van der Waals surface area contributed by atoms with Crippen LogP contribution in [0.25, 0.3) is 0 Å². The van der Waals surface area contributed by atoms with E-state index < -0.39 is 35.1 Å². The van der Waals surface area contributed by atoms with Gasteiger partial charge in [-0.05, 0) is 6.92 Å². The summed E-state index contributed by atoms with van der Waals surface area (Å²) >= 11 is 0. The van der Waals surface area contributed by atoms with Crippen molar-refractivity contribution >= 4 is 11.6 Å². The fraction of sp³-hybridized carbons (Fsp3) is 0.222. The molecule has 1 atom stereocenters. The first-order chi connectivity index (χ1) is 6.91. The van der Waals surface area contributed by atoms with E-state index in [1.54, 1.807) is 0 Å². The molecule has 0 saturated carbocycles. The standard InChI is InChI=1S/C9H9F3N2O/c1-4(9(13)15)14-7-3-5(10)2-6(11)8(7)12/h2-4,14H,1H3,(H2,13,15). The van der Waals surface area contributed by atoms with Gasteiger partial charge in [0.25, 0.3) is 0 Å². The van der Waals surface area contributed by atoms with Gasteiger partial charge in [-0.15, -0.1) is 0 Å². The summed E-state index contributed by atoms with van der Waals surface area (Å²) in [6.07, 6.45) is 0. The van der Waals surface area contributed by atoms with Crippen LogP contribution in [-0.2, 0) is 4.79 Å². The van der Waals surface area contributed by atoms with Crippen molar-refractivity contribution < 1.29 is 18.0 Å². The zero-order valence-corrected chi connectivity index (χ0v) is 7.85. The zero-order chi connectivity index (χ0) is 11.6. The molecule has 0 aliphatic heterocycles. The van der Waals surface area contributed by atoms with Crippen molar-refractivity contribution in [2.24, 2.45) is 5.73 Å². The molecule has 82 valence electrons. The summed E-state index contributed by atoms with van der Waals surface area (Å²) in [4.78, 5) is 10.6. The Kier molecular flexibility index (Phi) is 3.18.